The first-order valence-electron chi connectivity index (χ1n) is 3.18. The van der Waals surface area contributed by atoms with Crippen molar-refractivity contribution in [2.24, 2.45) is 0 Å². The van der Waals surface area contributed by atoms with E-state index in [9.17, 15) is 0 Å². The molecule has 0 amide bonds. The van der Waals surface area contributed by atoms with Gasteiger partial charge in [-0.05, 0) is 30.5 Å². The predicted octanol–water partition coefficient (Wildman–Crippen LogP) is 2.45. The lowest BCUT2D eigenvalue weighted by Gasteiger charge is -1.99. The van der Waals surface area contributed by atoms with Crippen molar-refractivity contribution < 1.29 is 0 Å². The summed E-state index contributed by atoms with van der Waals surface area (Å²) >= 11 is 1.76. The Hall–Kier alpha value is -0.630. The number of rotatable bonds is 2. The molecule has 0 fully saturated rings. The van der Waals surface area contributed by atoms with Gasteiger partial charge in [-0.15, -0.1) is 11.8 Å². The Morgan fingerprint density at radius 1 is 1.20 bits per heavy atom. The Labute approximate surface area is 65.8 Å². The molecule has 1 aromatic rings. The molecule has 0 aromatic heterocycles. The highest BCUT2D eigenvalue weighted by molar-refractivity contribution is 7.98. The summed E-state index contributed by atoms with van der Waals surface area (Å²) in [5.41, 5.74) is 1.16. The van der Waals surface area contributed by atoms with Gasteiger partial charge in [0, 0.05) is 17.6 Å². The molecule has 0 aliphatic heterocycles. The molecule has 54 valence electrons. The van der Waals surface area contributed by atoms with E-state index in [1.165, 1.54) is 4.90 Å². The lowest BCUT2D eigenvalue weighted by atomic mass is 10.3. The Kier molecular flexibility index (Phi) is 2.63. The molecular formula is C8H11NS. The van der Waals surface area contributed by atoms with E-state index in [1.54, 1.807) is 11.8 Å². The molecule has 1 nitrogen and oxygen atoms in total. The largest absolute Gasteiger partial charge is 0.388 e. The average molecular weight is 153 g/mol. The predicted molar refractivity (Wildman–Crippen MR) is 47.8 cm³/mol. The van der Waals surface area contributed by atoms with E-state index in [0.29, 0.717) is 0 Å². The minimum atomic E-state index is 1.16. The van der Waals surface area contributed by atoms with Crippen LogP contribution in [0.3, 0.4) is 0 Å². The summed E-state index contributed by atoms with van der Waals surface area (Å²) in [6, 6.07) is 8.37. The van der Waals surface area contributed by atoms with Crippen LogP contribution in [0, 0.1) is 0 Å². The second kappa shape index (κ2) is 3.52. The van der Waals surface area contributed by atoms with Gasteiger partial charge in [-0.3, -0.25) is 0 Å². The summed E-state index contributed by atoms with van der Waals surface area (Å²) in [7, 11) is 1.92. The maximum atomic E-state index is 3.07. The zero-order chi connectivity index (χ0) is 7.40. The van der Waals surface area contributed by atoms with Crippen LogP contribution in [-0.2, 0) is 0 Å². The van der Waals surface area contributed by atoms with E-state index in [4.69, 9.17) is 0 Å². The Bertz CT molecular complexity index is 170. The molecule has 0 aliphatic carbocycles. The van der Waals surface area contributed by atoms with Crippen LogP contribution in [0.15, 0.2) is 29.2 Å². The van der Waals surface area contributed by atoms with Crippen molar-refractivity contribution in [2.75, 3.05) is 18.6 Å². The molecule has 0 radical (unpaired) electrons. The van der Waals surface area contributed by atoms with Crippen LogP contribution in [0.5, 0.6) is 0 Å². The molecule has 0 atom stereocenters. The first kappa shape index (κ1) is 7.48. The minimum absolute atomic E-state index is 1.16. The molecule has 0 aliphatic rings. The van der Waals surface area contributed by atoms with Crippen molar-refractivity contribution in [2.45, 2.75) is 4.90 Å². The molecule has 0 unspecified atom stereocenters. The Balaban J connectivity index is 2.80. The molecule has 0 spiro atoms. The van der Waals surface area contributed by atoms with Crippen molar-refractivity contribution in [3.63, 3.8) is 0 Å². The topological polar surface area (TPSA) is 12.0 Å². The quantitative estimate of drug-likeness (QED) is 0.655. The highest BCUT2D eigenvalue weighted by Crippen LogP contribution is 2.16. The van der Waals surface area contributed by atoms with Crippen molar-refractivity contribution in [1.82, 2.24) is 0 Å². The number of nitrogens with one attached hydrogen (secondary N) is 1. The fourth-order valence-corrected chi connectivity index (χ4v) is 1.17. The van der Waals surface area contributed by atoms with Gasteiger partial charge < -0.3 is 5.32 Å². The summed E-state index contributed by atoms with van der Waals surface area (Å²) in [6.45, 7) is 0. The van der Waals surface area contributed by atoms with E-state index >= 15 is 0 Å². The van der Waals surface area contributed by atoms with Crippen LogP contribution in [0.4, 0.5) is 5.69 Å². The molecule has 0 bridgehead atoms. The zero-order valence-electron chi connectivity index (χ0n) is 6.22. The number of hydrogen-bond acceptors (Lipinski definition) is 2. The zero-order valence-corrected chi connectivity index (χ0v) is 7.03. The van der Waals surface area contributed by atoms with E-state index in [1.807, 2.05) is 7.05 Å². The highest BCUT2D eigenvalue weighted by Gasteiger charge is 1.88. The van der Waals surface area contributed by atoms with Gasteiger partial charge in [0.2, 0.25) is 0 Å². The van der Waals surface area contributed by atoms with E-state index < -0.39 is 0 Å². The first-order chi connectivity index (χ1) is 4.86. The molecule has 10 heavy (non-hydrogen) atoms. The van der Waals surface area contributed by atoms with Crippen LogP contribution in [-0.4, -0.2) is 13.3 Å². The summed E-state index contributed by atoms with van der Waals surface area (Å²) in [4.78, 5) is 1.30. The maximum absolute atomic E-state index is 3.07. The van der Waals surface area contributed by atoms with Crippen molar-refractivity contribution in [3.8, 4) is 0 Å². The van der Waals surface area contributed by atoms with E-state index in [-0.39, 0.29) is 0 Å². The molecule has 1 rings (SSSR count). The summed E-state index contributed by atoms with van der Waals surface area (Å²) < 4.78 is 0. The fraction of sp³-hybridized carbons (Fsp3) is 0.250. The van der Waals surface area contributed by atoms with Crippen molar-refractivity contribution in [1.29, 1.82) is 0 Å². The second-order valence-corrected chi connectivity index (χ2v) is 2.86. The van der Waals surface area contributed by atoms with Gasteiger partial charge >= 0.3 is 0 Å². The van der Waals surface area contributed by atoms with Gasteiger partial charge in [0.1, 0.15) is 0 Å². The molecule has 1 N–H and O–H groups in total. The molecule has 0 saturated heterocycles. The van der Waals surface area contributed by atoms with E-state index in [0.717, 1.165) is 5.69 Å². The van der Waals surface area contributed by atoms with Crippen molar-refractivity contribution in [3.05, 3.63) is 24.3 Å². The van der Waals surface area contributed by atoms with Gasteiger partial charge in [-0.25, -0.2) is 0 Å². The third-order valence-electron chi connectivity index (χ3n) is 1.38. The molecule has 1 aromatic carbocycles. The van der Waals surface area contributed by atoms with Crippen molar-refractivity contribution >= 4 is 17.4 Å². The van der Waals surface area contributed by atoms with Gasteiger partial charge in [-0.1, -0.05) is 0 Å². The summed E-state index contributed by atoms with van der Waals surface area (Å²) in [5, 5.41) is 3.07. The van der Waals surface area contributed by atoms with Crippen LogP contribution >= 0.6 is 11.8 Å². The van der Waals surface area contributed by atoms with Gasteiger partial charge in [0.25, 0.3) is 0 Å². The van der Waals surface area contributed by atoms with Crippen LogP contribution < -0.4 is 5.32 Å². The lowest BCUT2D eigenvalue weighted by molar-refractivity contribution is 1.43. The second-order valence-electron chi connectivity index (χ2n) is 1.98. The standard InChI is InChI=1S/C8H11NS/c1-9-7-3-5-8(10-2)6-4-7/h3-6,9H,1-2H3. The van der Waals surface area contributed by atoms with Gasteiger partial charge in [-0.2, -0.15) is 0 Å². The Morgan fingerprint density at radius 2 is 1.80 bits per heavy atom. The van der Waals surface area contributed by atoms with Crippen LogP contribution in [0.2, 0.25) is 0 Å². The third kappa shape index (κ3) is 1.67. The van der Waals surface area contributed by atoms with Gasteiger partial charge in [0.15, 0.2) is 0 Å². The van der Waals surface area contributed by atoms with Crippen LogP contribution in [0.25, 0.3) is 0 Å². The molecule has 0 heterocycles. The number of anilines is 1. The minimum Gasteiger partial charge on any atom is -0.388 e. The van der Waals surface area contributed by atoms with E-state index in [2.05, 4.69) is 35.8 Å². The number of hydrogen-bond donors (Lipinski definition) is 1. The Morgan fingerprint density at radius 3 is 2.20 bits per heavy atom. The molecular weight excluding hydrogens is 142 g/mol. The highest BCUT2D eigenvalue weighted by atomic mass is 32.2. The SMILES string of the molecule is CNc1ccc(SC)cc1. The number of benzene rings is 1. The summed E-state index contributed by atoms with van der Waals surface area (Å²) in [5.74, 6) is 0. The van der Waals surface area contributed by atoms with Gasteiger partial charge in [0.05, 0.1) is 0 Å². The molecule has 2 heteroatoms. The maximum Gasteiger partial charge on any atom is 0.0338 e. The monoisotopic (exact) mass is 153 g/mol. The third-order valence-corrected chi connectivity index (χ3v) is 2.12. The smallest absolute Gasteiger partial charge is 0.0338 e. The first-order valence-corrected chi connectivity index (χ1v) is 4.41. The fourth-order valence-electron chi connectivity index (χ4n) is 0.758. The average Bonchev–Trinajstić information content (AvgIpc) is 2.05. The van der Waals surface area contributed by atoms with Crippen LogP contribution in [0.1, 0.15) is 0 Å². The lowest BCUT2D eigenvalue weighted by Crippen LogP contribution is -1.85. The summed E-state index contributed by atoms with van der Waals surface area (Å²) in [6.07, 6.45) is 2.08. The number of thioether (sulfide) groups is 1. The molecule has 0 saturated carbocycles. The normalized spacial score (nSPS) is 9.40.